The number of aryl methyl sites for hydroxylation is 1. The summed E-state index contributed by atoms with van der Waals surface area (Å²) in [5.41, 5.74) is 4.23. The van der Waals surface area contributed by atoms with Crippen molar-refractivity contribution in [3.8, 4) is 5.75 Å². The molecule has 1 unspecified atom stereocenters. The van der Waals surface area contributed by atoms with E-state index < -0.39 is 16.1 Å². The normalized spacial score (nSPS) is 12.1. The molecule has 226 valence electrons. The average Bonchev–Trinajstić information content (AvgIpc) is 2.94. The number of anilines is 1. The Morgan fingerprint density at radius 3 is 2.24 bits per heavy atom. The van der Waals surface area contributed by atoms with Crippen molar-refractivity contribution in [1.29, 1.82) is 0 Å². The van der Waals surface area contributed by atoms with Crippen molar-refractivity contribution >= 4 is 27.5 Å². The molecule has 2 amide bonds. The summed E-state index contributed by atoms with van der Waals surface area (Å²) in [6.07, 6.45) is 1.88. The number of rotatable bonds is 14. The maximum absolute atomic E-state index is 14.0. The van der Waals surface area contributed by atoms with Crippen molar-refractivity contribution in [3.05, 3.63) is 95.1 Å². The summed E-state index contributed by atoms with van der Waals surface area (Å²) in [5, 5.41) is 2.99. The fraction of sp³-hybridized carbons (Fsp3) is 0.394. The van der Waals surface area contributed by atoms with Crippen LogP contribution in [0.3, 0.4) is 0 Å². The largest absolute Gasteiger partial charge is 0.497 e. The van der Waals surface area contributed by atoms with Gasteiger partial charge in [0.15, 0.2) is 0 Å². The van der Waals surface area contributed by atoms with Gasteiger partial charge in [-0.2, -0.15) is 0 Å². The van der Waals surface area contributed by atoms with Crippen molar-refractivity contribution in [2.75, 3.05) is 24.2 Å². The lowest BCUT2D eigenvalue weighted by Gasteiger charge is -2.32. The first-order chi connectivity index (χ1) is 19.9. The highest BCUT2D eigenvalue weighted by Crippen LogP contribution is 2.26. The molecule has 3 rings (SSSR count). The van der Waals surface area contributed by atoms with E-state index in [0.29, 0.717) is 17.9 Å². The molecule has 3 aromatic rings. The van der Waals surface area contributed by atoms with Gasteiger partial charge in [-0.25, -0.2) is 8.42 Å². The fourth-order valence-electron chi connectivity index (χ4n) is 4.89. The van der Waals surface area contributed by atoms with Gasteiger partial charge in [-0.15, -0.1) is 0 Å². The summed E-state index contributed by atoms with van der Waals surface area (Å²) in [6.45, 7) is 7.95. The zero-order chi connectivity index (χ0) is 30.9. The third-order valence-electron chi connectivity index (χ3n) is 7.19. The van der Waals surface area contributed by atoms with E-state index in [1.165, 1.54) is 10.6 Å². The molecule has 0 spiro atoms. The molecule has 0 fully saturated rings. The van der Waals surface area contributed by atoms with Gasteiger partial charge in [-0.3, -0.25) is 13.9 Å². The van der Waals surface area contributed by atoms with E-state index in [9.17, 15) is 18.0 Å². The number of carbonyl (C=O) groups excluding carboxylic acids is 2. The Labute approximate surface area is 250 Å². The van der Waals surface area contributed by atoms with Crippen LogP contribution in [-0.2, 0) is 32.6 Å². The Kier molecular flexibility index (Phi) is 11.6. The average molecular weight is 594 g/mol. The topological polar surface area (TPSA) is 96.0 Å². The van der Waals surface area contributed by atoms with Gasteiger partial charge in [0.25, 0.3) is 0 Å². The number of carbonyl (C=O) groups is 2. The molecule has 1 N–H and O–H groups in total. The molecule has 3 aromatic carbocycles. The van der Waals surface area contributed by atoms with Crippen LogP contribution in [0.2, 0.25) is 0 Å². The predicted molar refractivity (Wildman–Crippen MR) is 168 cm³/mol. The highest BCUT2D eigenvalue weighted by molar-refractivity contribution is 7.92. The number of ether oxygens (including phenoxy) is 1. The number of hydrogen-bond donors (Lipinski definition) is 1. The van der Waals surface area contributed by atoms with Gasteiger partial charge in [0.05, 0.1) is 19.1 Å². The second-order valence-electron chi connectivity index (χ2n) is 10.9. The Bertz CT molecular complexity index is 1460. The molecule has 0 radical (unpaired) electrons. The Morgan fingerprint density at radius 2 is 1.60 bits per heavy atom. The number of sulfonamides is 1. The third-order valence-corrected chi connectivity index (χ3v) is 8.37. The number of nitrogens with zero attached hydrogens (tertiary/aromatic N) is 2. The minimum absolute atomic E-state index is 0.0705. The minimum atomic E-state index is -3.59. The van der Waals surface area contributed by atoms with Crippen LogP contribution in [0.4, 0.5) is 5.69 Å². The molecule has 9 heteroatoms. The maximum atomic E-state index is 14.0. The minimum Gasteiger partial charge on any atom is -0.497 e. The van der Waals surface area contributed by atoms with Crippen molar-refractivity contribution in [3.63, 3.8) is 0 Å². The van der Waals surface area contributed by atoms with E-state index in [1.807, 2.05) is 94.4 Å². The number of hydrogen-bond acceptors (Lipinski definition) is 5. The quantitative estimate of drug-likeness (QED) is 0.283. The van der Waals surface area contributed by atoms with Crippen LogP contribution in [0.1, 0.15) is 48.9 Å². The molecule has 0 aliphatic rings. The molecule has 0 saturated heterocycles. The first-order valence-corrected chi connectivity index (χ1v) is 16.1. The highest BCUT2D eigenvalue weighted by atomic mass is 32.2. The maximum Gasteiger partial charge on any atom is 0.243 e. The smallest absolute Gasteiger partial charge is 0.243 e. The summed E-state index contributed by atoms with van der Waals surface area (Å²) in [4.78, 5) is 29.1. The molecule has 8 nitrogen and oxygen atoms in total. The zero-order valence-electron chi connectivity index (χ0n) is 25.5. The molecule has 0 aliphatic carbocycles. The van der Waals surface area contributed by atoms with E-state index in [1.54, 1.807) is 18.1 Å². The van der Waals surface area contributed by atoms with Crippen LogP contribution >= 0.6 is 0 Å². The number of benzene rings is 3. The summed E-state index contributed by atoms with van der Waals surface area (Å²) < 4.78 is 32.3. The second kappa shape index (κ2) is 14.9. The third kappa shape index (κ3) is 9.08. The van der Waals surface area contributed by atoms with Crippen LogP contribution in [0.15, 0.2) is 72.8 Å². The molecule has 0 saturated carbocycles. The van der Waals surface area contributed by atoms with Crippen LogP contribution < -0.4 is 14.4 Å². The Morgan fingerprint density at radius 1 is 0.929 bits per heavy atom. The second-order valence-corrected chi connectivity index (χ2v) is 12.8. The Balaban J connectivity index is 1.92. The molecule has 1 atom stereocenters. The summed E-state index contributed by atoms with van der Waals surface area (Å²) >= 11 is 0. The molecule has 0 aliphatic heterocycles. The van der Waals surface area contributed by atoms with Crippen molar-refractivity contribution < 1.29 is 22.7 Å². The molecular formula is C33H43N3O5S. The van der Waals surface area contributed by atoms with Crippen molar-refractivity contribution in [1.82, 2.24) is 10.2 Å². The first-order valence-electron chi connectivity index (χ1n) is 14.2. The SMILES string of the molecule is COc1cccc(CN(C(=O)CCCN(c2cccc(C)c2C)S(C)(=O)=O)C(Cc2ccccc2)C(=O)NC(C)C)c1. The van der Waals surface area contributed by atoms with Gasteiger partial charge in [0.1, 0.15) is 11.8 Å². The summed E-state index contributed by atoms with van der Waals surface area (Å²) in [7, 11) is -2.00. The molecule has 0 heterocycles. The molecule has 0 bridgehead atoms. The highest BCUT2D eigenvalue weighted by Gasteiger charge is 2.31. The number of methoxy groups -OCH3 is 1. The molecule has 42 heavy (non-hydrogen) atoms. The van der Waals surface area contributed by atoms with Crippen molar-refractivity contribution in [2.45, 2.75) is 65.6 Å². The van der Waals surface area contributed by atoms with Gasteiger partial charge in [-0.05, 0) is 74.6 Å². The molecule has 0 aromatic heterocycles. The summed E-state index contributed by atoms with van der Waals surface area (Å²) in [6, 6.07) is 21.7. The lowest BCUT2D eigenvalue weighted by molar-refractivity contribution is -0.141. The van der Waals surface area contributed by atoms with E-state index in [-0.39, 0.29) is 43.8 Å². The van der Waals surface area contributed by atoms with Crippen LogP contribution in [0.25, 0.3) is 0 Å². The predicted octanol–water partition coefficient (Wildman–Crippen LogP) is 5.02. The number of amides is 2. The summed E-state index contributed by atoms with van der Waals surface area (Å²) in [5.74, 6) is 0.189. The van der Waals surface area contributed by atoms with Crippen LogP contribution in [-0.4, -0.2) is 57.1 Å². The fourth-order valence-corrected chi connectivity index (χ4v) is 5.91. The standard InChI is InChI=1S/C33H43N3O5S/c1-24(2)34-33(38)31(22-27-14-8-7-9-15-27)35(23-28-16-11-17-29(21-28)41-5)32(37)19-12-20-36(42(6,39)40)30-18-10-13-25(3)26(30)4/h7-11,13-18,21,24,31H,12,19-20,22-23H2,1-6H3,(H,34,38). The van der Waals surface area contributed by atoms with E-state index >= 15 is 0 Å². The van der Waals surface area contributed by atoms with E-state index in [0.717, 1.165) is 22.3 Å². The van der Waals surface area contributed by atoms with Crippen LogP contribution in [0, 0.1) is 13.8 Å². The van der Waals surface area contributed by atoms with E-state index in [4.69, 9.17) is 4.74 Å². The number of nitrogens with one attached hydrogen (secondary N) is 1. The van der Waals surface area contributed by atoms with Gasteiger partial charge in [0, 0.05) is 32.0 Å². The van der Waals surface area contributed by atoms with E-state index in [2.05, 4.69) is 5.32 Å². The van der Waals surface area contributed by atoms with Gasteiger partial charge in [-0.1, -0.05) is 54.6 Å². The van der Waals surface area contributed by atoms with Gasteiger partial charge < -0.3 is 15.0 Å². The lowest BCUT2D eigenvalue weighted by atomic mass is 10.0. The van der Waals surface area contributed by atoms with Crippen LogP contribution in [0.5, 0.6) is 5.75 Å². The van der Waals surface area contributed by atoms with Gasteiger partial charge in [0.2, 0.25) is 21.8 Å². The Hall–Kier alpha value is -3.85. The first kappa shape index (κ1) is 32.7. The lowest BCUT2D eigenvalue weighted by Crippen LogP contribution is -2.51. The molecular weight excluding hydrogens is 550 g/mol. The van der Waals surface area contributed by atoms with Crippen molar-refractivity contribution in [2.24, 2.45) is 0 Å². The van der Waals surface area contributed by atoms with Gasteiger partial charge >= 0.3 is 0 Å². The zero-order valence-corrected chi connectivity index (χ0v) is 26.3. The monoisotopic (exact) mass is 593 g/mol.